The molecule has 0 fully saturated rings. The summed E-state index contributed by atoms with van der Waals surface area (Å²) in [4.78, 5) is 11.1. The molecule has 0 amide bonds. The predicted octanol–water partition coefficient (Wildman–Crippen LogP) is 3.27. The van der Waals surface area contributed by atoms with E-state index in [1.54, 1.807) is 7.11 Å². The maximum atomic E-state index is 11.1. The molecule has 1 atom stereocenters. The van der Waals surface area contributed by atoms with Crippen molar-refractivity contribution in [1.29, 1.82) is 0 Å². The molecule has 0 aromatic heterocycles. The van der Waals surface area contributed by atoms with Gasteiger partial charge in [-0.2, -0.15) is 0 Å². The maximum absolute atomic E-state index is 11.1. The van der Waals surface area contributed by atoms with E-state index in [1.807, 2.05) is 33.8 Å². The molecule has 0 radical (unpaired) electrons. The van der Waals surface area contributed by atoms with E-state index in [9.17, 15) is 4.79 Å². The number of carbonyl (C=O) groups is 1. The summed E-state index contributed by atoms with van der Waals surface area (Å²) in [7, 11) is 1.67. The molecule has 1 unspecified atom stereocenters. The number of rotatable bonds is 5. The summed E-state index contributed by atoms with van der Waals surface area (Å²) in [5, 5.41) is 9.14. The van der Waals surface area contributed by atoms with E-state index in [-0.39, 0.29) is 5.92 Å². The Hall–Kier alpha value is -1.51. The normalized spacial score (nSPS) is 12.3. The van der Waals surface area contributed by atoms with E-state index in [2.05, 4.69) is 0 Å². The monoisotopic (exact) mass is 250 g/mol. The van der Waals surface area contributed by atoms with Crippen molar-refractivity contribution in [3.8, 4) is 5.75 Å². The fraction of sp³-hybridized carbons (Fsp3) is 0.533. The van der Waals surface area contributed by atoms with Crippen LogP contribution in [0.4, 0.5) is 0 Å². The second kappa shape index (κ2) is 5.89. The largest absolute Gasteiger partial charge is 0.496 e. The summed E-state index contributed by atoms with van der Waals surface area (Å²) < 4.78 is 5.37. The summed E-state index contributed by atoms with van der Waals surface area (Å²) in [5.74, 6) is -0.126. The third kappa shape index (κ3) is 2.84. The standard InChI is InChI=1S/C15H22O3/c1-6-12(15(16)17)8-13-7-9(2)14(18-5)11(4)10(13)3/h7,12H,6,8H2,1-5H3,(H,16,17). The molecule has 3 nitrogen and oxygen atoms in total. The Labute approximate surface area is 109 Å². The van der Waals surface area contributed by atoms with E-state index >= 15 is 0 Å². The zero-order chi connectivity index (χ0) is 13.9. The molecule has 0 spiro atoms. The molecular weight excluding hydrogens is 228 g/mol. The number of hydrogen-bond acceptors (Lipinski definition) is 2. The van der Waals surface area contributed by atoms with Crippen LogP contribution in [0.5, 0.6) is 5.75 Å². The van der Waals surface area contributed by atoms with E-state index in [0.717, 1.165) is 28.0 Å². The van der Waals surface area contributed by atoms with E-state index in [4.69, 9.17) is 9.84 Å². The van der Waals surface area contributed by atoms with Crippen molar-refractivity contribution in [3.05, 3.63) is 28.3 Å². The number of methoxy groups -OCH3 is 1. The van der Waals surface area contributed by atoms with Crippen molar-refractivity contribution in [2.75, 3.05) is 7.11 Å². The smallest absolute Gasteiger partial charge is 0.306 e. The molecule has 0 saturated heterocycles. The van der Waals surface area contributed by atoms with Gasteiger partial charge in [-0.1, -0.05) is 13.0 Å². The highest BCUT2D eigenvalue weighted by Gasteiger charge is 2.18. The highest BCUT2D eigenvalue weighted by molar-refractivity contribution is 5.70. The Balaban J connectivity index is 3.15. The van der Waals surface area contributed by atoms with Crippen LogP contribution in [0, 0.1) is 26.7 Å². The zero-order valence-corrected chi connectivity index (χ0v) is 11.8. The Morgan fingerprint density at radius 1 is 1.33 bits per heavy atom. The SMILES string of the molecule is CCC(Cc1cc(C)c(OC)c(C)c1C)C(=O)O. The van der Waals surface area contributed by atoms with E-state index in [1.165, 1.54) is 0 Å². The van der Waals surface area contributed by atoms with Crippen molar-refractivity contribution < 1.29 is 14.6 Å². The molecule has 0 aliphatic rings. The van der Waals surface area contributed by atoms with Crippen molar-refractivity contribution in [2.24, 2.45) is 5.92 Å². The third-order valence-corrected chi connectivity index (χ3v) is 3.65. The Bertz CT molecular complexity index is 450. The number of hydrogen-bond donors (Lipinski definition) is 1. The van der Waals surface area contributed by atoms with Gasteiger partial charge in [0.05, 0.1) is 13.0 Å². The lowest BCUT2D eigenvalue weighted by molar-refractivity contribution is -0.141. The van der Waals surface area contributed by atoms with Crippen LogP contribution in [-0.4, -0.2) is 18.2 Å². The summed E-state index contributed by atoms with van der Waals surface area (Å²) in [6.07, 6.45) is 1.24. The highest BCUT2D eigenvalue weighted by Crippen LogP contribution is 2.30. The minimum absolute atomic E-state index is 0.309. The molecule has 1 rings (SSSR count). The van der Waals surface area contributed by atoms with Gasteiger partial charge < -0.3 is 9.84 Å². The van der Waals surface area contributed by atoms with Crippen LogP contribution in [0.25, 0.3) is 0 Å². The fourth-order valence-electron chi connectivity index (χ4n) is 2.34. The first-order valence-electron chi connectivity index (χ1n) is 6.28. The minimum atomic E-state index is -0.719. The van der Waals surface area contributed by atoms with Gasteiger partial charge in [-0.05, 0) is 55.9 Å². The van der Waals surface area contributed by atoms with Crippen LogP contribution in [0.15, 0.2) is 6.07 Å². The Morgan fingerprint density at radius 3 is 2.39 bits per heavy atom. The maximum Gasteiger partial charge on any atom is 0.306 e. The molecule has 100 valence electrons. The van der Waals surface area contributed by atoms with Gasteiger partial charge in [0, 0.05) is 0 Å². The van der Waals surface area contributed by atoms with Gasteiger partial charge in [0.1, 0.15) is 5.75 Å². The second-order valence-corrected chi connectivity index (χ2v) is 4.78. The first kappa shape index (κ1) is 14.6. The Kier molecular flexibility index (Phi) is 4.76. The molecule has 0 aliphatic heterocycles. The van der Waals surface area contributed by atoms with Crippen molar-refractivity contribution >= 4 is 5.97 Å². The molecule has 1 aromatic carbocycles. The van der Waals surface area contributed by atoms with Crippen LogP contribution >= 0.6 is 0 Å². The van der Waals surface area contributed by atoms with E-state index < -0.39 is 5.97 Å². The molecule has 0 saturated carbocycles. The number of aliphatic carboxylic acids is 1. The minimum Gasteiger partial charge on any atom is -0.496 e. The molecule has 0 heterocycles. The quantitative estimate of drug-likeness (QED) is 0.872. The summed E-state index contributed by atoms with van der Waals surface area (Å²) in [5.41, 5.74) is 4.42. The lowest BCUT2D eigenvalue weighted by atomic mass is 9.90. The zero-order valence-electron chi connectivity index (χ0n) is 11.8. The molecule has 18 heavy (non-hydrogen) atoms. The lowest BCUT2D eigenvalue weighted by Crippen LogP contribution is -2.16. The van der Waals surface area contributed by atoms with Crippen LogP contribution in [-0.2, 0) is 11.2 Å². The van der Waals surface area contributed by atoms with Gasteiger partial charge in [-0.25, -0.2) is 0 Å². The van der Waals surface area contributed by atoms with Gasteiger partial charge in [-0.3, -0.25) is 4.79 Å². The topological polar surface area (TPSA) is 46.5 Å². The van der Waals surface area contributed by atoms with Gasteiger partial charge in [0.25, 0.3) is 0 Å². The van der Waals surface area contributed by atoms with Gasteiger partial charge in [0.15, 0.2) is 0 Å². The van der Waals surface area contributed by atoms with E-state index in [0.29, 0.717) is 12.8 Å². The van der Waals surface area contributed by atoms with Gasteiger partial charge in [-0.15, -0.1) is 0 Å². The molecular formula is C15H22O3. The van der Waals surface area contributed by atoms with Gasteiger partial charge in [0.2, 0.25) is 0 Å². The lowest BCUT2D eigenvalue weighted by Gasteiger charge is -2.17. The summed E-state index contributed by atoms with van der Waals surface area (Å²) in [6, 6.07) is 2.05. The molecule has 0 aliphatic carbocycles. The number of carboxylic acids is 1. The number of carboxylic acid groups (broad SMARTS) is 1. The average Bonchev–Trinajstić information content (AvgIpc) is 2.32. The molecule has 1 aromatic rings. The third-order valence-electron chi connectivity index (χ3n) is 3.65. The molecule has 0 bridgehead atoms. The fourth-order valence-corrected chi connectivity index (χ4v) is 2.34. The number of ether oxygens (including phenoxy) is 1. The second-order valence-electron chi connectivity index (χ2n) is 4.78. The first-order valence-corrected chi connectivity index (χ1v) is 6.28. The number of benzene rings is 1. The first-order chi connectivity index (χ1) is 8.42. The summed E-state index contributed by atoms with van der Waals surface area (Å²) >= 11 is 0. The highest BCUT2D eigenvalue weighted by atomic mass is 16.5. The predicted molar refractivity (Wildman–Crippen MR) is 72.3 cm³/mol. The average molecular weight is 250 g/mol. The van der Waals surface area contributed by atoms with Crippen molar-refractivity contribution in [2.45, 2.75) is 40.5 Å². The van der Waals surface area contributed by atoms with Crippen molar-refractivity contribution in [3.63, 3.8) is 0 Å². The summed E-state index contributed by atoms with van der Waals surface area (Å²) in [6.45, 7) is 7.96. The molecule has 1 N–H and O–H groups in total. The van der Waals surface area contributed by atoms with Crippen LogP contribution < -0.4 is 4.74 Å². The van der Waals surface area contributed by atoms with Crippen LogP contribution in [0.2, 0.25) is 0 Å². The van der Waals surface area contributed by atoms with Crippen LogP contribution in [0.3, 0.4) is 0 Å². The molecule has 3 heteroatoms. The number of aryl methyl sites for hydroxylation is 1. The Morgan fingerprint density at radius 2 is 1.94 bits per heavy atom. The van der Waals surface area contributed by atoms with Gasteiger partial charge >= 0.3 is 5.97 Å². The van der Waals surface area contributed by atoms with Crippen molar-refractivity contribution in [1.82, 2.24) is 0 Å². The van der Waals surface area contributed by atoms with Crippen LogP contribution in [0.1, 0.15) is 35.6 Å².